The van der Waals surface area contributed by atoms with Gasteiger partial charge in [0.05, 0.1) is 11.5 Å². The zero-order valence-electron chi connectivity index (χ0n) is 8.42. The Kier molecular flexibility index (Phi) is 3.11. The fourth-order valence-electron chi connectivity index (χ4n) is 1.18. The molecule has 0 radical (unpaired) electrons. The second-order valence-corrected chi connectivity index (χ2v) is 5.15. The Morgan fingerprint density at radius 1 is 1.38 bits per heavy atom. The molecule has 0 unspecified atom stereocenters. The van der Waals surface area contributed by atoms with E-state index in [2.05, 4.69) is 25.1 Å². The maximum absolute atomic E-state index is 8.87. The number of hydrogen-bond donors (Lipinski definition) is 0. The summed E-state index contributed by atoms with van der Waals surface area (Å²) in [6, 6.07) is 6.63. The summed E-state index contributed by atoms with van der Waals surface area (Å²) >= 11 is 1.82. The Balaban J connectivity index is 2.70. The highest BCUT2D eigenvalue weighted by Crippen LogP contribution is 2.26. The standard InChI is InChI=1S/C11H15NS/c1-4-9-5-6-10(13-9)7-11(2,3)8-12/h5-6H,4,7H2,1-3H3. The fourth-order valence-corrected chi connectivity index (χ4v) is 2.37. The third-order valence-electron chi connectivity index (χ3n) is 1.98. The van der Waals surface area contributed by atoms with E-state index in [-0.39, 0.29) is 5.41 Å². The summed E-state index contributed by atoms with van der Waals surface area (Å²) in [4.78, 5) is 2.73. The quantitative estimate of drug-likeness (QED) is 0.721. The Labute approximate surface area is 84.0 Å². The largest absolute Gasteiger partial charge is 0.198 e. The second kappa shape index (κ2) is 3.93. The summed E-state index contributed by atoms with van der Waals surface area (Å²) in [5, 5.41) is 8.87. The van der Waals surface area contributed by atoms with E-state index in [1.807, 2.05) is 25.2 Å². The van der Waals surface area contributed by atoms with Crippen molar-refractivity contribution in [2.24, 2.45) is 5.41 Å². The lowest BCUT2D eigenvalue weighted by Gasteiger charge is -2.12. The van der Waals surface area contributed by atoms with Crippen LogP contribution >= 0.6 is 11.3 Å². The van der Waals surface area contributed by atoms with E-state index in [9.17, 15) is 0 Å². The van der Waals surface area contributed by atoms with E-state index in [4.69, 9.17) is 5.26 Å². The van der Waals surface area contributed by atoms with Crippen LogP contribution < -0.4 is 0 Å². The maximum atomic E-state index is 8.87. The first kappa shape index (κ1) is 10.3. The van der Waals surface area contributed by atoms with Crippen LogP contribution in [0.4, 0.5) is 0 Å². The number of rotatable bonds is 3. The monoisotopic (exact) mass is 193 g/mol. The molecule has 70 valence electrons. The van der Waals surface area contributed by atoms with Crippen molar-refractivity contribution in [3.05, 3.63) is 21.9 Å². The predicted octanol–water partition coefficient (Wildman–Crippen LogP) is 3.40. The normalized spacial score (nSPS) is 11.2. The lowest BCUT2D eigenvalue weighted by molar-refractivity contribution is 0.498. The molecular formula is C11H15NS. The molecule has 2 heteroatoms. The molecule has 1 heterocycles. The average Bonchev–Trinajstić information content (AvgIpc) is 2.52. The molecular weight excluding hydrogens is 178 g/mol. The van der Waals surface area contributed by atoms with E-state index in [0.717, 1.165) is 12.8 Å². The lowest BCUT2D eigenvalue weighted by Crippen LogP contribution is -2.10. The Morgan fingerprint density at radius 2 is 2.00 bits per heavy atom. The highest BCUT2D eigenvalue weighted by atomic mass is 32.1. The van der Waals surface area contributed by atoms with Crippen LogP contribution in [0.2, 0.25) is 0 Å². The fraction of sp³-hybridized carbons (Fsp3) is 0.545. The van der Waals surface area contributed by atoms with Gasteiger partial charge < -0.3 is 0 Å². The summed E-state index contributed by atoms with van der Waals surface area (Å²) < 4.78 is 0. The van der Waals surface area contributed by atoms with Gasteiger partial charge in [0, 0.05) is 9.75 Å². The van der Waals surface area contributed by atoms with Crippen molar-refractivity contribution in [1.29, 1.82) is 5.26 Å². The lowest BCUT2D eigenvalue weighted by atomic mass is 9.91. The molecule has 0 fully saturated rings. The molecule has 0 N–H and O–H groups in total. The second-order valence-electron chi connectivity index (χ2n) is 3.89. The molecule has 0 saturated heterocycles. The third-order valence-corrected chi connectivity index (χ3v) is 3.21. The Bertz CT molecular complexity index is 317. The molecule has 0 aliphatic heterocycles. The molecule has 0 atom stereocenters. The third kappa shape index (κ3) is 2.86. The summed E-state index contributed by atoms with van der Waals surface area (Å²) in [6.07, 6.45) is 1.96. The molecule has 0 saturated carbocycles. The predicted molar refractivity (Wildman–Crippen MR) is 56.8 cm³/mol. The van der Waals surface area contributed by atoms with E-state index < -0.39 is 0 Å². The first-order valence-corrected chi connectivity index (χ1v) is 5.38. The number of hydrogen-bond acceptors (Lipinski definition) is 2. The van der Waals surface area contributed by atoms with Crippen LogP contribution in [0.25, 0.3) is 0 Å². The smallest absolute Gasteiger partial charge is 0.0687 e. The molecule has 0 aromatic carbocycles. The van der Waals surface area contributed by atoms with Gasteiger partial charge in [-0.25, -0.2) is 0 Å². The van der Waals surface area contributed by atoms with Gasteiger partial charge in [-0.05, 0) is 38.8 Å². The van der Waals surface area contributed by atoms with Gasteiger partial charge in [0.25, 0.3) is 0 Å². The molecule has 0 aliphatic carbocycles. The molecule has 1 aromatic heterocycles. The average molecular weight is 193 g/mol. The van der Waals surface area contributed by atoms with E-state index in [1.165, 1.54) is 9.75 Å². The molecule has 0 spiro atoms. The van der Waals surface area contributed by atoms with Gasteiger partial charge in [-0.3, -0.25) is 0 Å². The van der Waals surface area contributed by atoms with Crippen LogP contribution in [0.3, 0.4) is 0 Å². The zero-order valence-corrected chi connectivity index (χ0v) is 9.24. The van der Waals surface area contributed by atoms with Crippen molar-refractivity contribution >= 4 is 11.3 Å². The van der Waals surface area contributed by atoms with Crippen molar-refractivity contribution in [1.82, 2.24) is 0 Å². The minimum atomic E-state index is -0.226. The number of aryl methyl sites for hydroxylation is 1. The van der Waals surface area contributed by atoms with Crippen molar-refractivity contribution in [3.8, 4) is 6.07 Å². The minimum absolute atomic E-state index is 0.226. The maximum Gasteiger partial charge on any atom is 0.0687 e. The van der Waals surface area contributed by atoms with Crippen molar-refractivity contribution in [3.63, 3.8) is 0 Å². The Morgan fingerprint density at radius 3 is 2.46 bits per heavy atom. The van der Waals surface area contributed by atoms with Crippen LogP contribution in [0.1, 0.15) is 30.5 Å². The first-order chi connectivity index (χ1) is 6.07. The Hall–Kier alpha value is -0.810. The van der Waals surface area contributed by atoms with Gasteiger partial charge in [0.1, 0.15) is 0 Å². The van der Waals surface area contributed by atoms with Crippen molar-refractivity contribution in [2.75, 3.05) is 0 Å². The van der Waals surface area contributed by atoms with E-state index in [0.29, 0.717) is 0 Å². The van der Waals surface area contributed by atoms with Crippen LogP contribution in [0.15, 0.2) is 12.1 Å². The molecule has 13 heavy (non-hydrogen) atoms. The number of nitrogens with zero attached hydrogens (tertiary/aromatic N) is 1. The van der Waals surface area contributed by atoms with Gasteiger partial charge in [-0.15, -0.1) is 11.3 Å². The van der Waals surface area contributed by atoms with Crippen molar-refractivity contribution in [2.45, 2.75) is 33.6 Å². The van der Waals surface area contributed by atoms with Gasteiger partial charge in [0.15, 0.2) is 0 Å². The summed E-state index contributed by atoms with van der Waals surface area (Å²) in [5.41, 5.74) is -0.226. The van der Waals surface area contributed by atoms with Crippen LogP contribution in [0, 0.1) is 16.7 Å². The van der Waals surface area contributed by atoms with Crippen molar-refractivity contribution < 1.29 is 0 Å². The zero-order chi connectivity index (χ0) is 9.90. The molecule has 1 rings (SSSR count). The molecule has 1 nitrogen and oxygen atoms in total. The first-order valence-electron chi connectivity index (χ1n) is 4.56. The van der Waals surface area contributed by atoms with E-state index in [1.54, 1.807) is 0 Å². The summed E-state index contributed by atoms with van der Waals surface area (Å²) in [7, 11) is 0. The summed E-state index contributed by atoms with van der Waals surface area (Å²) in [5.74, 6) is 0. The number of nitriles is 1. The highest BCUT2D eigenvalue weighted by molar-refractivity contribution is 7.11. The topological polar surface area (TPSA) is 23.8 Å². The molecule has 1 aromatic rings. The summed E-state index contributed by atoms with van der Waals surface area (Å²) in [6.45, 7) is 6.13. The van der Waals surface area contributed by atoms with Gasteiger partial charge >= 0.3 is 0 Å². The number of thiophene rings is 1. The minimum Gasteiger partial charge on any atom is -0.198 e. The van der Waals surface area contributed by atoms with Gasteiger partial charge in [-0.1, -0.05) is 6.92 Å². The molecule has 0 amide bonds. The SMILES string of the molecule is CCc1ccc(CC(C)(C)C#N)s1. The van der Waals surface area contributed by atoms with Gasteiger partial charge in [-0.2, -0.15) is 5.26 Å². The van der Waals surface area contributed by atoms with Crippen LogP contribution in [-0.4, -0.2) is 0 Å². The molecule has 0 aliphatic rings. The highest BCUT2D eigenvalue weighted by Gasteiger charge is 2.18. The molecule has 0 bridgehead atoms. The van der Waals surface area contributed by atoms with Crippen LogP contribution in [0.5, 0.6) is 0 Å². The van der Waals surface area contributed by atoms with E-state index >= 15 is 0 Å². The van der Waals surface area contributed by atoms with Crippen LogP contribution in [-0.2, 0) is 12.8 Å². The van der Waals surface area contributed by atoms with Gasteiger partial charge in [0.2, 0.25) is 0 Å².